The van der Waals surface area contributed by atoms with E-state index in [4.69, 9.17) is 5.14 Å². The van der Waals surface area contributed by atoms with E-state index in [-0.39, 0.29) is 18.1 Å². The van der Waals surface area contributed by atoms with E-state index in [0.29, 0.717) is 25.5 Å². The molecule has 0 atom stereocenters. The molecule has 1 aromatic carbocycles. The van der Waals surface area contributed by atoms with Crippen molar-refractivity contribution in [2.24, 2.45) is 10.1 Å². The summed E-state index contributed by atoms with van der Waals surface area (Å²) in [5, 5.41) is 11.0. The lowest BCUT2D eigenvalue weighted by atomic mass is 10.1. The fourth-order valence-corrected chi connectivity index (χ4v) is 1.99. The zero-order valence-corrected chi connectivity index (χ0v) is 12.8. The molecule has 0 aliphatic heterocycles. The predicted molar refractivity (Wildman–Crippen MR) is 82.1 cm³/mol. The van der Waals surface area contributed by atoms with Crippen molar-refractivity contribution in [3.63, 3.8) is 0 Å². The Morgan fingerprint density at radius 3 is 2.76 bits per heavy atom. The van der Waals surface area contributed by atoms with Crippen LogP contribution in [-0.2, 0) is 16.4 Å². The van der Waals surface area contributed by atoms with Crippen LogP contribution in [0, 0.1) is 5.82 Å². The molecule has 6 nitrogen and oxygen atoms in total. The first-order valence-electron chi connectivity index (χ1n) is 6.68. The molecule has 0 saturated carbocycles. The molecular weight excluding hydrogens is 295 g/mol. The lowest BCUT2D eigenvalue weighted by molar-refractivity contribution is 0.597. The number of hydrogen-bond acceptors (Lipinski definition) is 3. The molecular formula is C13H21FN4O2S. The van der Waals surface area contributed by atoms with Gasteiger partial charge in [0.1, 0.15) is 5.82 Å². The van der Waals surface area contributed by atoms with Gasteiger partial charge in [0.2, 0.25) is 10.0 Å². The summed E-state index contributed by atoms with van der Waals surface area (Å²) in [6.45, 7) is 3.21. The molecule has 0 aromatic heterocycles. The van der Waals surface area contributed by atoms with Crippen LogP contribution in [0.1, 0.15) is 12.5 Å². The van der Waals surface area contributed by atoms with E-state index < -0.39 is 10.0 Å². The first-order valence-corrected chi connectivity index (χ1v) is 8.39. The average molecular weight is 316 g/mol. The van der Waals surface area contributed by atoms with Gasteiger partial charge in [-0.1, -0.05) is 12.1 Å². The largest absolute Gasteiger partial charge is 0.357 e. The van der Waals surface area contributed by atoms with Crippen molar-refractivity contribution in [1.29, 1.82) is 0 Å². The van der Waals surface area contributed by atoms with Crippen LogP contribution >= 0.6 is 0 Å². The van der Waals surface area contributed by atoms with Crippen LogP contribution in [0.5, 0.6) is 0 Å². The summed E-state index contributed by atoms with van der Waals surface area (Å²) < 4.78 is 34.7. The minimum atomic E-state index is -3.51. The van der Waals surface area contributed by atoms with Crippen molar-refractivity contribution in [2.75, 3.05) is 25.4 Å². The van der Waals surface area contributed by atoms with Crippen molar-refractivity contribution < 1.29 is 12.8 Å². The van der Waals surface area contributed by atoms with E-state index in [0.717, 1.165) is 5.56 Å². The van der Waals surface area contributed by atoms with Crippen molar-refractivity contribution in [1.82, 2.24) is 10.6 Å². The number of benzene rings is 1. The zero-order valence-electron chi connectivity index (χ0n) is 12.0. The molecule has 4 N–H and O–H groups in total. The van der Waals surface area contributed by atoms with Gasteiger partial charge in [-0.15, -0.1) is 0 Å². The van der Waals surface area contributed by atoms with Crippen molar-refractivity contribution in [3.8, 4) is 0 Å². The van der Waals surface area contributed by atoms with Crippen LogP contribution in [-0.4, -0.2) is 39.8 Å². The number of rotatable bonds is 7. The number of aliphatic imine (C=N–C) groups is 1. The SMILES string of the molecule is CCNC(=NCCS(N)(=O)=O)NCCc1cccc(F)c1. The quantitative estimate of drug-likeness (QED) is 0.495. The summed E-state index contributed by atoms with van der Waals surface area (Å²) in [5.74, 6) is 0.0479. The van der Waals surface area contributed by atoms with Gasteiger partial charge in [-0.2, -0.15) is 0 Å². The molecule has 1 rings (SSSR count). The molecule has 0 heterocycles. The van der Waals surface area contributed by atoms with E-state index in [2.05, 4.69) is 15.6 Å². The number of nitrogens with zero attached hydrogens (tertiary/aromatic N) is 1. The van der Waals surface area contributed by atoms with Gasteiger partial charge in [0.15, 0.2) is 5.96 Å². The van der Waals surface area contributed by atoms with E-state index >= 15 is 0 Å². The van der Waals surface area contributed by atoms with E-state index in [1.165, 1.54) is 12.1 Å². The van der Waals surface area contributed by atoms with Crippen LogP contribution in [0.2, 0.25) is 0 Å². The van der Waals surface area contributed by atoms with Gasteiger partial charge in [-0.25, -0.2) is 17.9 Å². The molecule has 8 heteroatoms. The fraction of sp³-hybridized carbons (Fsp3) is 0.462. The lowest BCUT2D eigenvalue weighted by Gasteiger charge is -2.11. The number of guanidine groups is 1. The summed E-state index contributed by atoms with van der Waals surface area (Å²) in [5.41, 5.74) is 0.878. The highest BCUT2D eigenvalue weighted by molar-refractivity contribution is 7.89. The van der Waals surface area contributed by atoms with Crippen LogP contribution < -0.4 is 15.8 Å². The molecule has 1 aromatic rings. The molecule has 0 fully saturated rings. The molecule has 0 saturated heterocycles. The second kappa shape index (κ2) is 8.58. The number of nitrogens with two attached hydrogens (primary N) is 1. The number of hydrogen-bond donors (Lipinski definition) is 3. The predicted octanol–water partition coefficient (Wildman–Crippen LogP) is 0.212. The van der Waals surface area contributed by atoms with Crippen LogP contribution in [0.3, 0.4) is 0 Å². The Bertz CT molecular complexity index is 575. The minimum absolute atomic E-state index is 0.0914. The minimum Gasteiger partial charge on any atom is -0.357 e. The highest BCUT2D eigenvalue weighted by atomic mass is 32.2. The lowest BCUT2D eigenvalue weighted by Crippen LogP contribution is -2.38. The summed E-state index contributed by atoms with van der Waals surface area (Å²) in [6, 6.07) is 6.38. The normalized spacial score (nSPS) is 12.2. The number of halogens is 1. The summed E-state index contributed by atoms with van der Waals surface area (Å²) in [4.78, 5) is 4.11. The number of nitrogens with one attached hydrogen (secondary N) is 2. The first kappa shape index (κ1) is 17.4. The average Bonchev–Trinajstić information content (AvgIpc) is 2.37. The van der Waals surface area contributed by atoms with E-state index in [1.807, 2.05) is 13.0 Å². The van der Waals surface area contributed by atoms with Gasteiger partial charge < -0.3 is 10.6 Å². The van der Waals surface area contributed by atoms with E-state index in [9.17, 15) is 12.8 Å². The second-order valence-corrected chi connectivity index (χ2v) is 6.17. The third kappa shape index (κ3) is 8.26. The summed E-state index contributed by atoms with van der Waals surface area (Å²) >= 11 is 0. The van der Waals surface area contributed by atoms with Crippen LogP contribution in [0.25, 0.3) is 0 Å². The van der Waals surface area contributed by atoms with Crippen molar-refractivity contribution in [2.45, 2.75) is 13.3 Å². The fourth-order valence-electron chi connectivity index (χ4n) is 1.64. The van der Waals surface area contributed by atoms with Gasteiger partial charge in [-0.3, -0.25) is 4.99 Å². The Kier molecular flexibility index (Phi) is 7.10. The topological polar surface area (TPSA) is 96.6 Å². The van der Waals surface area contributed by atoms with Gasteiger partial charge in [-0.05, 0) is 31.0 Å². The van der Waals surface area contributed by atoms with Crippen LogP contribution in [0.15, 0.2) is 29.3 Å². The van der Waals surface area contributed by atoms with Crippen LogP contribution in [0.4, 0.5) is 4.39 Å². The maximum Gasteiger partial charge on any atom is 0.210 e. The monoisotopic (exact) mass is 316 g/mol. The van der Waals surface area contributed by atoms with Gasteiger partial charge >= 0.3 is 0 Å². The molecule has 0 spiro atoms. The molecule has 0 bridgehead atoms. The first-order chi connectivity index (χ1) is 9.90. The molecule has 0 amide bonds. The van der Waals surface area contributed by atoms with Crippen molar-refractivity contribution in [3.05, 3.63) is 35.6 Å². The number of sulfonamides is 1. The van der Waals surface area contributed by atoms with Gasteiger partial charge in [0.05, 0.1) is 12.3 Å². The zero-order chi connectivity index (χ0) is 15.7. The Balaban J connectivity index is 2.45. The molecule has 0 radical (unpaired) electrons. The summed E-state index contributed by atoms with van der Waals surface area (Å²) in [7, 11) is -3.51. The molecule has 21 heavy (non-hydrogen) atoms. The Morgan fingerprint density at radius 1 is 1.38 bits per heavy atom. The second-order valence-electron chi connectivity index (χ2n) is 4.43. The Morgan fingerprint density at radius 2 is 2.14 bits per heavy atom. The standard InChI is InChI=1S/C13H21FN4O2S/c1-2-16-13(18-8-9-21(15,19)20)17-7-6-11-4-3-5-12(14)10-11/h3-5,10H,2,6-9H2,1H3,(H2,15,19,20)(H2,16,17,18). The molecule has 0 aliphatic rings. The van der Waals surface area contributed by atoms with Crippen molar-refractivity contribution >= 4 is 16.0 Å². The molecule has 118 valence electrons. The summed E-state index contributed by atoms with van der Waals surface area (Å²) in [6.07, 6.45) is 0.636. The van der Waals surface area contributed by atoms with Gasteiger partial charge in [0.25, 0.3) is 0 Å². The highest BCUT2D eigenvalue weighted by Crippen LogP contribution is 2.03. The third-order valence-electron chi connectivity index (χ3n) is 2.59. The maximum atomic E-state index is 13.0. The Labute approximate surface area is 124 Å². The highest BCUT2D eigenvalue weighted by Gasteiger charge is 2.02. The number of primary sulfonamides is 1. The third-order valence-corrected chi connectivity index (χ3v) is 3.34. The van der Waals surface area contributed by atoms with Gasteiger partial charge in [0, 0.05) is 13.1 Å². The Hall–Kier alpha value is -1.67. The van der Waals surface area contributed by atoms with E-state index in [1.54, 1.807) is 6.07 Å². The maximum absolute atomic E-state index is 13.0. The molecule has 0 unspecified atom stereocenters. The molecule has 0 aliphatic carbocycles. The smallest absolute Gasteiger partial charge is 0.210 e.